The Morgan fingerprint density at radius 3 is 2.31 bits per heavy atom. The van der Waals surface area contributed by atoms with Gasteiger partial charge in [0.25, 0.3) is 0 Å². The molecule has 146 valence electrons. The SMILES string of the molecule is COc1ccc(C(Cc2ccc(-c3ccccc3C)cc2)c2csc(N)n2)cc1. The van der Waals surface area contributed by atoms with Crippen LogP contribution >= 0.6 is 11.3 Å². The highest BCUT2D eigenvalue weighted by atomic mass is 32.1. The zero-order valence-corrected chi connectivity index (χ0v) is 17.4. The van der Waals surface area contributed by atoms with Crippen molar-refractivity contribution < 1.29 is 4.74 Å². The fourth-order valence-corrected chi connectivity index (χ4v) is 4.26. The molecular weight excluding hydrogens is 376 g/mol. The maximum Gasteiger partial charge on any atom is 0.180 e. The van der Waals surface area contributed by atoms with Crippen LogP contribution in [0.15, 0.2) is 78.2 Å². The van der Waals surface area contributed by atoms with E-state index in [0.29, 0.717) is 5.13 Å². The molecule has 0 saturated heterocycles. The van der Waals surface area contributed by atoms with E-state index < -0.39 is 0 Å². The molecule has 3 aromatic carbocycles. The summed E-state index contributed by atoms with van der Waals surface area (Å²) >= 11 is 1.49. The van der Waals surface area contributed by atoms with E-state index in [2.05, 4.69) is 78.0 Å². The maximum absolute atomic E-state index is 5.92. The molecule has 0 bridgehead atoms. The van der Waals surface area contributed by atoms with Crippen molar-refractivity contribution in [1.82, 2.24) is 4.98 Å². The lowest BCUT2D eigenvalue weighted by Crippen LogP contribution is -2.06. The third-order valence-corrected chi connectivity index (χ3v) is 5.96. The molecule has 0 radical (unpaired) electrons. The van der Waals surface area contributed by atoms with Gasteiger partial charge < -0.3 is 10.5 Å². The molecule has 0 aliphatic heterocycles. The van der Waals surface area contributed by atoms with Crippen LogP contribution in [0.2, 0.25) is 0 Å². The summed E-state index contributed by atoms with van der Waals surface area (Å²) in [7, 11) is 1.68. The highest BCUT2D eigenvalue weighted by molar-refractivity contribution is 7.13. The standard InChI is InChI=1S/C25H24N2OS/c1-17-5-3-4-6-22(17)19-9-7-18(8-10-19)15-23(24-16-29-25(26)27-24)20-11-13-21(28-2)14-12-20/h3-14,16,23H,15H2,1-2H3,(H2,26,27). The number of methoxy groups -OCH3 is 1. The second-order valence-electron chi connectivity index (χ2n) is 7.15. The van der Waals surface area contributed by atoms with E-state index in [1.807, 2.05) is 12.1 Å². The summed E-state index contributed by atoms with van der Waals surface area (Å²) < 4.78 is 5.31. The number of ether oxygens (including phenoxy) is 1. The maximum atomic E-state index is 5.92. The third kappa shape index (κ3) is 4.33. The first-order chi connectivity index (χ1) is 14.1. The molecule has 1 unspecified atom stereocenters. The van der Waals surface area contributed by atoms with Gasteiger partial charge in [0, 0.05) is 11.3 Å². The zero-order chi connectivity index (χ0) is 20.2. The number of rotatable bonds is 6. The Hall–Kier alpha value is -3.11. The molecule has 3 nitrogen and oxygen atoms in total. The molecule has 0 amide bonds. The monoisotopic (exact) mass is 400 g/mol. The average Bonchev–Trinajstić information content (AvgIpc) is 3.19. The third-order valence-electron chi connectivity index (χ3n) is 5.26. The minimum Gasteiger partial charge on any atom is -0.497 e. The van der Waals surface area contributed by atoms with Gasteiger partial charge in [0.05, 0.1) is 12.8 Å². The number of aryl methyl sites for hydroxylation is 1. The summed E-state index contributed by atoms with van der Waals surface area (Å²) in [5, 5.41) is 2.67. The van der Waals surface area contributed by atoms with E-state index >= 15 is 0 Å². The van der Waals surface area contributed by atoms with E-state index in [1.165, 1.54) is 39.2 Å². The summed E-state index contributed by atoms with van der Waals surface area (Å²) in [6.07, 6.45) is 0.865. The fraction of sp³-hybridized carbons (Fsp3) is 0.160. The van der Waals surface area contributed by atoms with Gasteiger partial charge in [0.1, 0.15) is 5.75 Å². The van der Waals surface area contributed by atoms with E-state index in [9.17, 15) is 0 Å². The molecule has 1 aromatic heterocycles. The van der Waals surface area contributed by atoms with Crippen LogP contribution in [0.3, 0.4) is 0 Å². The summed E-state index contributed by atoms with van der Waals surface area (Å²) in [5.41, 5.74) is 13.2. The number of nitrogens with two attached hydrogens (primary N) is 1. The predicted octanol–water partition coefficient (Wildman–Crippen LogP) is 6.08. The van der Waals surface area contributed by atoms with Gasteiger partial charge in [0.15, 0.2) is 5.13 Å². The van der Waals surface area contributed by atoms with Crippen molar-refractivity contribution in [3.05, 3.63) is 101 Å². The average molecular weight is 401 g/mol. The molecule has 2 N–H and O–H groups in total. The molecule has 0 aliphatic carbocycles. The molecule has 1 heterocycles. The van der Waals surface area contributed by atoms with Gasteiger partial charge in [-0.2, -0.15) is 0 Å². The smallest absolute Gasteiger partial charge is 0.180 e. The van der Waals surface area contributed by atoms with Gasteiger partial charge in [-0.3, -0.25) is 0 Å². The van der Waals surface area contributed by atoms with Gasteiger partial charge >= 0.3 is 0 Å². The quantitative estimate of drug-likeness (QED) is 0.426. The highest BCUT2D eigenvalue weighted by Crippen LogP contribution is 2.32. The van der Waals surface area contributed by atoms with Crippen molar-refractivity contribution in [2.45, 2.75) is 19.3 Å². The van der Waals surface area contributed by atoms with Gasteiger partial charge in [0.2, 0.25) is 0 Å². The van der Waals surface area contributed by atoms with E-state index in [1.54, 1.807) is 7.11 Å². The van der Waals surface area contributed by atoms with Crippen LogP contribution in [0.1, 0.15) is 28.3 Å². The Kier molecular flexibility index (Phi) is 5.63. The molecule has 0 fully saturated rings. The van der Waals surface area contributed by atoms with Gasteiger partial charge in [-0.05, 0) is 53.3 Å². The Balaban J connectivity index is 1.63. The molecule has 0 saturated carbocycles. The Morgan fingerprint density at radius 1 is 0.966 bits per heavy atom. The molecule has 29 heavy (non-hydrogen) atoms. The number of hydrogen-bond donors (Lipinski definition) is 1. The number of hydrogen-bond acceptors (Lipinski definition) is 4. The fourth-order valence-electron chi connectivity index (χ4n) is 3.64. The van der Waals surface area contributed by atoms with E-state index in [-0.39, 0.29) is 5.92 Å². The van der Waals surface area contributed by atoms with Crippen molar-refractivity contribution in [1.29, 1.82) is 0 Å². The minimum absolute atomic E-state index is 0.152. The van der Waals surface area contributed by atoms with Crippen LogP contribution in [0.25, 0.3) is 11.1 Å². The number of benzene rings is 3. The largest absolute Gasteiger partial charge is 0.497 e. The summed E-state index contributed by atoms with van der Waals surface area (Å²) in [6.45, 7) is 2.15. The van der Waals surface area contributed by atoms with Crippen molar-refractivity contribution in [2.75, 3.05) is 12.8 Å². The van der Waals surface area contributed by atoms with Gasteiger partial charge in [-0.25, -0.2) is 4.98 Å². The molecular formula is C25H24N2OS. The van der Waals surface area contributed by atoms with Gasteiger partial charge in [-0.1, -0.05) is 60.7 Å². The molecule has 1 atom stereocenters. The zero-order valence-electron chi connectivity index (χ0n) is 16.6. The lowest BCUT2D eigenvalue weighted by Gasteiger charge is -2.17. The Labute approximate surface area is 175 Å². The topological polar surface area (TPSA) is 48.1 Å². The van der Waals surface area contributed by atoms with Crippen LogP contribution in [0.4, 0.5) is 5.13 Å². The number of nitrogens with zero attached hydrogens (tertiary/aromatic N) is 1. The number of thiazole rings is 1. The number of aromatic nitrogens is 1. The van der Waals surface area contributed by atoms with Crippen molar-refractivity contribution >= 4 is 16.5 Å². The van der Waals surface area contributed by atoms with Crippen LogP contribution in [0, 0.1) is 6.92 Å². The lowest BCUT2D eigenvalue weighted by atomic mass is 9.89. The highest BCUT2D eigenvalue weighted by Gasteiger charge is 2.18. The first-order valence-electron chi connectivity index (χ1n) is 9.64. The van der Waals surface area contributed by atoms with E-state index in [4.69, 9.17) is 10.5 Å². The van der Waals surface area contributed by atoms with Crippen LogP contribution < -0.4 is 10.5 Å². The van der Waals surface area contributed by atoms with Crippen molar-refractivity contribution in [2.24, 2.45) is 0 Å². The molecule has 0 spiro atoms. The Bertz CT molecular complexity index is 1080. The second-order valence-corrected chi connectivity index (χ2v) is 8.04. The minimum atomic E-state index is 0.152. The van der Waals surface area contributed by atoms with E-state index in [0.717, 1.165) is 17.9 Å². The second kappa shape index (κ2) is 8.50. The van der Waals surface area contributed by atoms with Crippen molar-refractivity contribution in [3.63, 3.8) is 0 Å². The molecule has 4 aromatic rings. The summed E-state index contributed by atoms with van der Waals surface area (Å²) in [6, 6.07) is 25.5. The number of nitrogen functional groups attached to an aromatic ring is 1. The summed E-state index contributed by atoms with van der Waals surface area (Å²) in [5.74, 6) is 1.01. The van der Waals surface area contributed by atoms with Crippen LogP contribution in [-0.2, 0) is 6.42 Å². The molecule has 4 rings (SSSR count). The first-order valence-corrected chi connectivity index (χ1v) is 10.5. The lowest BCUT2D eigenvalue weighted by molar-refractivity contribution is 0.414. The predicted molar refractivity (Wildman–Crippen MR) is 122 cm³/mol. The first kappa shape index (κ1) is 19.2. The normalized spacial score (nSPS) is 11.9. The molecule has 4 heteroatoms. The van der Waals surface area contributed by atoms with Crippen LogP contribution in [0.5, 0.6) is 5.75 Å². The van der Waals surface area contributed by atoms with Gasteiger partial charge in [-0.15, -0.1) is 11.3 Å². The molecule has 0 aliphatic rings. The van der Waals surface area contributed by atoms with Crippen molar-refractivity contribution in [3.8, 4) is 16.9 Å². The van der Waals surface area contributed by atoms with Crippen LogP contribution in [-0.4, -0.2) is 12.1 Å². The number of anilines is 1. The Morgan fingerprint density at radius 2 is 1.69 bits per heavy atom. The summed E-state index contributed by atoms with van der Waals surface area (Å²) in [4.78, 5) is 4.57.